The van der Waals surface area contributed by atoms with Gasteiger partial charge in [-0.15, -0.1) is 6.58 Å². The van der Waals surface area contributed by atoms with Crippen molar-refractivity contribution in [2.45, 2.75) is 19.3 Å². The summed E-state index contributed by atoms with van der Waals surface area (Å²) in [4.78, 5) is 15.1. The van der Waals surface area contributed by atoms with E-state index >= 15 is 0 Å². The van der Waals surface area contributed by atoms with Crippen LogP contribution in [0.2, 0.25) is 0 Å². The van der Waals surface area contributed by atoms with Crippen molar-refractivity contribution >= 4 is 27.5 Å². The number of fused-ring (bicyclic) bond motifs is 1. The molecule has 0 atom stereocenters. The molecule has 0 spiro atoms. The zero-order valence-electron chi connectivity index (χ0n) is 15.0. The first-order valence-corrected chi connectivity index (χ1v) is 9.34. The molecular formula is C21H22BrNO3. The highest BCUT2D eigenvalue weighted by Gasteiger charge is 2.25. The van der Waals surface area contributed by atoms with Gasteiger partial charge in [0.05, 0.1) is 14.2 Å². The van der Waals surface area contributed by atoms with Crippen molar-refractivity contribution in [2.24, 2.45) is 0 Å². The third-order valence-corrected chi connectivity index (χ3v) is 5.07. The summed E-state index contributed by atoms with van der Waals surface area (Å²) in [5, 5.41) is 0. The topological polar surface area (TPSA) is 38.8 Å². The molecule has 1 aliphatic rings. The highest BCUT2D eigenvalue weighted by Crippen LogP contribution is 2.35. The molecule has 2 aromatic carbocycles. The molecule has 0 aromatic heterocycles. The van der Waals surface area contributed by atoms with Crippen LogP contribution in [0.25, 0.3) is 0 Å². The molecule has 26 heavy (non-hydrogen) atoms. The van der Waals surface area contributed by atoms with E-state index in [4.69, 9.17) is 9.47 Å². The van der Waals surface area contributed by atoms with E-state index in [1.807, 2.05) is 23.1 Å². The Kier molecular flexibility index (Phi) is 5.67. The second-order valence-electron chi connectivity index (χ2n) is 6.20. The fourth-order valence-corrected chi connectivity index (χ4v) is 3.81. The van der Waals surface area contributed by atoms with Crippen molar-refractivity contribution < 1.29 is 14.3 Å². The molecule has 0 unspecified atom stereocenters. The van der Waals surface area contributed by atoms with E-state index in [0.717, 1.165) is 28.6 Å². The van der Waals surface area contributed by atoms with E-state index in [1.54, 1.807) is 26.4 Å². The second kappa shape index (κ2) is 7.96. The number of hydrogen-bond donors (Lipinski definition) is 0. The fraction of sp³-hybridized carbons (Fsp3) is 0.286. The van der Waals surface area contributed by atoms with Gasteiger partial charge in [-0.1, -0.05) is 22.0 Å². The van der Waals surface area contributed by atoms with Crippen LogP contribution in [-0.4, -0.2) is 26.7 Å². The third kappa shape index (κ3) is 3.49. The molecule has 5 heteroatoms. The number of carbonyl (C=O) groups excluding carboxylic acids is 1. The van der Waals surface area contributed by atoms with Gasteiger partial charge < -0.3 is 14.4 Å². The summed E-state index contributed by atoms with van der Waals surface area (Å²) in [6, 6.07) is 9.69. The van der Waals surface area contributed by atoms with Crippen molar-refractivity contribution in [3.8, 4) is 11.5 Å². The molecule has 1 heterocycles. The SMILES string of the molecule is C=CCc1cc(C(=O)N2CCCc3cc(Br)ccc32)cc(OC)c1OC. The number of ether oxygens (including phenoxy) is 2. The van der Waals surface area contributed by atoms with Gasteiger partial charge in [-0.3, -0.25) is 4.79 Å². The Bertz CT molecular complexity index is 847. The van der Waals surface area contributed by atoms with E-state index in [2.05, 4.69) is 28.6 Å². The standard InChI is InChI=1S/C21H22BrNO3/c1-4-6-15-11-16(13-19(25-2)20(15)26-3)21(24)23-10-5-7-14-12-17(22)8-9-18(14)23/h4,8-9,11-13H,1,5-7,10H2,2-3H3. The van der Waals surface area contributed by atoms with Crippen LogP contribution in [0.3, 0.4) is 0 Å². The summed E-state index contributed by atoms with van der Waals surface area (Å²) in [5.74, 6) is 1.18. The number of methoxy groups -OCH3 is 2. The van der Waals surface area contributed by atoms with E-state index in [-0.39, 0.29) is 5.91 Å². The van der Waals surface area contributed by atoms with Crippen molar-refractivity contribution in [1.29, 1.82) is 0 Å². The lowest BCUT2D eigenvalue weighted by Gasteiger charge is -2.30. The number of carbonyl (C=O) groups is 1. The first-order chi connectivity index (χ1) is 12.6. The van der Waals surface area contributed by atoms with Crippen LogP contribution >= 0.6 is 15.9 Å². The minimum atomic E-state index is -0.0282. The number of allylic oxidation sites excluding steroid dienone is 1. The molecule has 0 saturated heterocycles. The minimum absolute atomic E-state index is 0.0282. The van der Waals surface area contributed by atoms with E-state index in [0.29, 0.717) is 30.0 Å². The van der Waals surface area contributed by atoms with E-state index in [1.165, 1.54) is 5.56 Å². The maximum atomic E-state index is 13.3. The van der Waals surface area contributed by atoms with Gasteiger partial charge >= 0.3 is 0 Å². The lowest BCUT2D eigenvalue weighted by molar-refractivity contribution is 0.0984. The van der Waals surface area contributed by atoms with Crippen LogP contribution in [0.1, 0.15) is 27.9 Å². The van der Waals surface area contributed by atoms with Crippen molar-refractivity contribution in [2.75, 3.05) is 25.7 Å². The maximum absolute atomic E-state index is 13.3. The van der Waals surface area contributed by atoms with Gasteiger partial charge in [0.15, 0.2) is 11.5 Å². The van der Waals surface area contributed by atoms with Crippen molar-refractivity contribution in [3.63, 3.8) is 0 Å². The molecule has 0 aliphatic carbocycles. The van der Waals surface area contributed by atoms with Crippen molar-refractivity contribution in [3.05, 3.63) is 64.1 Å². The second-order valence-corrected chi connectivity index (χ2v) is 7.11. The minimum Gasteiger partial charge on any atom is -0.493 e. The molecule has 0 bridgehead atoms. The maximum Gasteiger partial charge on any atom is 0.258 e. The molecule has 0 N–H and O–H groups in total. The molecule has 2 aromatic rings. The Morgan fingerprint density at radius 2 is 2.08 bits per heavy atom. The van der Waals surface area contributed by atoms with Gasteiger partial charge in [-0.2, -0.15) is 0 Å². The van der Waals surface area contributed by atoms with Gasteiger partial charge in [0, 0.05) is 27.8 Å². The van der Waals surface area contributed by atoms with Crippen LogP contribution < -0.4 is 14.4 Å². The number of anilines is 1. The van der Waals surface area contributed by atoms with Gasteiger partial charge in [0.1, 0.15) is 0 Å². The largest absolute Gasteiger partial charge is 0.493 e. The molecular weight excluding hydrogens is 394 g/mol. The third-order valence-electron chi connectivity index (χ3n) is 4.57. The monoisotopic (exact) mass is 415 g/mol. The number of nitrogens with zero attached hydrogens (tertiary/aromatic N) is 1. The number of hydrogen-bond acceptors (Lipinski definition) is 3. The highest BCUT2D eigenvalue weighted by molar-refractivity contribution is 9.10. The highest BCUT2D eigenvalue weighted by atomic mass is 79.9. The van der Waals surface area contributed by atoms with Crippen LogP contribution in [0.15, 0.2) is 47.5 Å². The van der Waals surface area contributed by atoms with Crippen LogP contribution in [-0.2, 0) is 12.8 Å². The Hall–Kier alpha value is -2.27. The zero-order valence-corrected chi connectivity index (χ0v) is 16.6. The number of benzene rings is 2. The number of aryl methyl sites for hydroxylation is 1. The van der Waals surface area contributed by atoms with Gasteiger partial charge in [0.25, 0.3) is 5.91 Å². The molecule has 4 nitrogen and oxygen atoms in total. The smallest absolute Gasteiger partial charge is 0.258 e. The Morgan fingerprint density at radius 3 is 2.77 bits per heavy atom. The summed E-state index contributed by atoms with van der Waals surface area (Å²) in [5.41, 5.74) is 3.64. The van der Waals surface area contributed by atoms with Crippen LogP contribution in [0.4, 0.5) is 5.69 Å². The number of rotatable bonds is 5. The van der Waals surface area contributed by atoms with Crippen LogP contribution in [0, 0.1) is 0 Å². The number of halogens is 1. The lowest BCUT2D eigenvalue weighted by Crippen LogP contribution is -2.35. The van der Waals surface area contributed by atoms with E-state index < -0.39 is 0 Å². The average molecular weight is 416 g/mol. The summed E-state index contributed by atoms with van der Waals surface area (Å²) >= 11 is 3.51. The van der Waals surface area contributed by atoms with Gasteiger partial charge in [-0.05, 0) is 55.2 Å². The fourth-order valence-electron chi connectivity index (χ4n) is 3.41. The summed E-state index contributed by atoms with van der Waals surface area (Å²) in [7, 11) is 3.18. The van der Waals surface area contributed by atoms with Crippen LogP contribution in [0.5, 0.6) is 11.5 Å². The van der Waals surface area contributed by atoms with Crippen molar-refractivity contribution in [1.82, 2.24) is 0 Å². The predicted molar refractivity (Wildman–Crippen MR) is 108 cm³/mol. The Labute approximate surface area is 162 Å². The summed E-state index contributed by atoms with van der Waals surface area (Å²) in [6.07, 6.45) is 4.32. The average Bonchev–Trinajstić information content (AvgIpc) is 2.66. The molecule has 0 saturated carbocycles. The summed E-state index contributed by atoms with van der Waals surface area (Å²) < 4.78 is 11.9. The molecule has 0 radical (unpaired) electrons. The molecule has 1 amide bonds. The first kappa shape index (κ1) is 18.5. The summed E-state index contributed by atoms with van der Waals surface area (Å²) in [6.45, 7) is 4.50. The molecule has 3 rings (SSSR count). The molecule has 0 fully saturated rings. The van der Waals surface area contributed by atoms with Gasteiger partial charge in [-0.25, -0.2) is 0 Å². The first-order valence-electron chi connectivity index (χ1n) is 8.55. The molecule has 136 valence electrons. The predicted octanol–water partition coefficient (Wildman–Crippen LogP) is 4.79. The Morgan fingerprint density at radius 1 is 1.27 bits per heavy atom. The number of amides is 1. The Balaban J connectivity index is 2.03. The van der Waals surface area contributed by atoms with Gasteiger partial charge in [0.2, 0.25) is 0 Å². The van der Waals surface area contributed by atoms with E-state index in [9.17, 15) is 4.79 Å². The quantitative estimate of drug-likeness (QED) is 0.658. The lowest BCUT2D eigenvalue weighted by atomic mass is 9.99. The molecule has 1 aliphatic heterocycles. The normalized spacial score (nSPS) is 13.1. The zero-order chi connectivity index (χ0) is 18.7.